The number of benzene rings is 10. The topological polar surface area (TPSA) is 366 Å². The van der Waals surface area contributed by atoms with Gasteiger partial charge in [0.1, 0.15) is 46.7 Å². The molecule has 0 radical (unpaired) electrons. The summed E-state index contributed by atoms with van der Waals surface area (Å²) in [4.78, 5) is 132. The zero-order valence-electron chi connectivity index (χ0n) is 79.7. The van der Waals surface area contributed by atoms with Gasteiger partial charge in [0.05, 0.1) is 80.7 Å². The highest BCUT2D eigenvalue weighted by molar-refractivity contribution is 6.05. The fraction of sp³-hybridized carbons (Fsp3) is 0.273. The Morgan fingerprint density at radius 1 is 0.475 bits per heavy atom. The normalized spacial score (nSPS) is 15.2. The molecule has 5 N–H and O–H groups in total. The number of carbonyl (C=O) groups excluding carboxylic acids is 5. The average molecular weight is 1880 g/mol. The van der Waals surface area contributed by atoms with Gasteiger partial charge < -0.3 is 54.7 Å². The van der Waals surface area contributed by atoms with E-state index in [0.717, 1.165) is 141 Å². The average Bonchev–Trinajstić information content (AvgIpc) is 1.60. The van der Waals surface area contributed by atoms with Crippen molar-refractivity contribution in [1.82, 2.24) is 98.6 Å². The Bertz CT molecular complexity index is 7930. The van der Waals surface area contributed by atoms with Gasteiger partial charge in [0.2, 0.25) is 29.5 Å². The number of phenolic OH excluding ortho intramolecular Hbond substituents is 2. The molecule has 31 nitrogen and oxygen atoms in total. The van der Waals surface area contributed by atoms with Crippen molar-refractivity contribution in [3.8, 4) is 62.1 Å². The number of fused-ring (bicyclic) bond motifs is 8. The van der Waals surface area contributed by atoms with Gasteiger partial charge in [0.25, 0.3) is 11.1 Å². The molecule has 31 heteroatoms. The van der Waals surface area contributed by atoms with Gasteiger partial charge >= 0.3 is 0 Å². The first kappa shape index (κ1) is 93.7. The van der Waals surface area contributed by atoms with Gasteiger partial charge in [0, 0.05) is 144 Å². The Kier molecular flexibility index (Phi) is 26.1. The Balaban J connectivity index is 0.000000120. The molecule has 141 heavy (non-hydrogen) atoms. The molecule has 6 aromatic heterocycles. The van der Waals surface area contributed by atoms with E-state index in [1.54, 1.807) is 43.9 Å². The van der Waals surface area contributed by atoms with Crippen LogP contribution < -0.4 is 16.4 Å². The summed E-state index contributed by atoms with van der Waals surface area (Å²) < 4.78 is 3.73. The number of anilines is 1. The van der Waals surface area contributed by atoms with Crippen LogP contribution in [0.2, 0.25) is 0 Å². The molecule has 0 saturated carbocycles. The smallest absolute Gasteiger partial charge is 0.261 e. The molecule has 0 aliphatic carbocycles. The molecule has 0 unspecified atom stereocenters. The molecule has 6 aliphatic heterocycles. The molecule has 6 aliphatic rings. The first-order chi connectivity index (χ1) is 68.1. The zero-order chi connectivity index (χ0) is 98.5. The fourth-order valence-corrected chi connectivity index (χ4v) is 19.8. The van der Waals surface area contributed by atoms with Crippen molar-refractivity contribution < 1.29 is 34.2 Å². The van der Waals surface area contributed by atoms with Gasteiger partial charge in [-0.15, -0.1) is 0 Å². The number of aromatic hydroxyl groups is 2. The minimum Gasteiger partial charge on any atom is -0.508 e. The number of aromatic amines is 2. The maximum absolute atomic E-state index is 13.9. The Morgan fingerprint density at radius 2 is 0.915 bits per heavy atom. The van der Waals surface area contributed by atoms with E-state index in [0.29, 0.717) is 153 Å². The number of nitrogens with one attached hydrogen (secondary N) is 3. The molecule has 0 bridgehead atoms. The zero-order valence-corrected chi connectivity index (χ0v) is 79.7. The van der Waals surface area contributed by atoms with Gasteiger partial charge in [-0.25, -0.2) is 29.9 Å². The number of likely N-dealkylation sites (N-methyl/N-ethyl adjacent to an activating group) is 3. The number of carbonyl (C=O) groups is 5. The van der Waals surface area contributed by atoms with E-state index >= 15 is 0 Å². The molecular weight excluding hydrogens is 1770 g/mol. The quantitative estimate of drug-likeness (QED) is 0.0393. The molecular formula is C110H108N22O9. The van der Waals surface area contributed by atoms with Crippen LogP contribution in [0.5, 0.6) is 11.5 Å². The SMILES string of the molecule is C=CC(=O)N1CC(Cc2nc3ccc(-c4c(C)ccc5[nH]ncc45)cc3c(=O)n2C2CN(C)C2)C1.C=CC(=O)N1CC(Cc2nc3ccc(-c4c(C)ccc5[nH]ncc45)cc3c(=O)n2CCN(C)C)C1.C=CC(=O)N1CC(c2nc(C#N)c3cc(-c4cc(O)cc5ccccc45)ccc3n2)C1.C=CC(=O)N1CC(c2nc(NCC(=O)N3CC(N(C)C)C3)c3cc(-c4cc(O)cc5ccccc45)ccc3n2)C1. The highest BCUT2D eigenvalue weighted by atomic mass is 16.3. The van der Waals surface area contributed by atoms with E-state index in [1.165, 1.54) is 24.3 Å². The lowest BCUT2D eigenvalue weighted by Gasteiger charge is -2.42. The van der Waals surface area contributed by atoms with Crippen LogP contribution in [-0.4, -0.2) is 271 Å². The molecule has 10 aromatic carbocycles. The molecule has 12 heterocycles. The van der Waals surface area contributed by atoms with Gasteiger partial charge in [-0.3, -0.25) is 52.9 Å². The van der Waals surface area contributed by atoms with E-state index in [9.17, 15) is 49.0 Å². The van der Waals surface area contributed by atoms with E-state index in [-0.39, 0.29) is 82.5 Å². The molecule has 712 valence electrons. The van der Waals surface area contributed by atoms with E-state index in [4.69, 9.17) is 19.9 Å². The highest BCUT2D eigenvalue weighted by Gasteiger charge is 2.39. The van der Waals surface area contributed by atoms with Crippen LogP contribution in [0, 0.1) is 37.0 Å². The summed E-state index contributed by atoms with van der Waals surface area (Å²) in [6, 6.07) is 57.2. The number of likely N-dealkylation sites (tertiary alicyclic amines) is 6. The summed E-state index contributed by atoms with van der Waals surface area (Å²) in [5.41, 5.74) is 15.0. The number of hydrogen-bond donors (Lipinski definition) is 5. The Labute approximate surface area is 812 Å². The number of aromatic nitrogens is 12. The van der Waals surface area contributed by atoms with Crippen molar-refractivity contribution in [2.75, 3.05) is 132 Å². The summed E-state index contributed by atoms with van der Waals surface area (Å²) >= 11 is 0. The Morgan fingerprint density at radius 3 is 1.40 bits per heavy atom. The molecule has 0 spiro atoms. The standard InChI is InChI=1S/C31H32N6O3.C27H28N6O2.C27H30N6O2.C25H18N4O2/c1-4-28(39)36-15-21(16-36)30-33-27-10-9-20(25-13-23(38)11-19-7-5-6-8-24(19)25)12-26(27)31(34-30)32-14-29(40)37-17-22(18-37)35(2)3;1-4-25(34)32-12-17(13-32)9-24-29-22-8-6-18(26-16(2)5-7-23-21(26)11-28-30-23)10-20(22)27(35)33(24)19-14-31(3)15-19;1-5-25(34)32-15-18(16-32)12-24-29-22-9-7-19(13-20(22)27(35)33(24)11-10-31(3)4)26-17(2)6-8-23-21(26)14-28-30-23;1-2-24(31)29-13-17(14-29)25-27-22-8-7-16(10-21(22)23(12-26)28-25)20-11-18(30)9-15-5-3-4-6-19(15)20/h4-13,21-22,38H,1,14-18H2,2-3H3,(H,32,33,34);4-8,10-11,17,19H,1,9,12-15H2,2-3H3,(H,28,30);5-9,13-14,18H,1,10-12,15-16H2,2-4H3,(H,28,30);2-11,17,30H,1,13-14H2. The van der Waals surface area contributed by atoms with Crippen molar-refractivity contribution >= 4 is 122 Å². The minimum atomic E-state index is -0.111. The number of nitriles is 1. The second-order valence-corrected chi connectivity index (χ2v) is 38.0. The Hall–Kier alpha value is -16.3. The lowest BCUT2D eigenvalue weighted by molar-refractivity contribution is -0.136. The van der Waals surface area contributed by atoms with E-state index < -0.39 is 0 Å². The van der Waals surface area contributed by atoms with Crippen LogP contribution in [0.3, 0.4) is 0 Å². The van der Waals surface area contributed by atoms with E-state index in [2.05, 4.69) is 116 Å². The summed E-state index contributed by atoms with van der Waals surface area (Å²) in [6.07, 6.45) is 10.3. The summed E-state index contributed by atoms with van der Waals surface area (Å²) in [7, 11) is 10.1. The predicted octanol–water partition coefficient (Wildman–Crippen LogP) is 13.5. The number of H-pyrrole nitrogens is 2. The van der Waals surface area contributed by atoms with Crippen molar-refractivity contribution in [2.45, 2.75) is 57.2 Å². The van der Waals surface area contributed by atoms with Gasteiger partial charge in [-0.05, 0) is 235 Å². The summed E-state index contributed by atoms with van der Waals surface area (Å²) in [6.45, 7) is 27.7. The third-order valence-corrected chi connectivity index (χ3v) is 27.9. The monoisotopic (exact) mass is 1880 g/mol. The number of hydrogen-bond acceptors (Lipinski definition) is 22. The highest BCUT2D eigenvalue weighted by Crippen LogP contribution is 2.42. The van der Waals surface area contributed by atoms with Crippen molar-refractivity contribution in [2.24, 2.45) is 11.8 Å². The third-order valence-electron chi connectivity index (χ3n) is 27.9. The third kappa shape index (κ3) is 18.9. The largest absolute Gasteiger partial charge is 0.508 e. The molecule has 5 amide bonds. The van der Waals surface area contributed by atoms with Gasteiger partial charge in [-0.2, -0.15) is 15.5 Å². The number of aryl methyl sites for hydroxylation is 2. The van der Waals surface area contributed by atoms with Crippen LogP contribution in [0.15, 0.2) is 242 Å². The summed E-state index contributed by atoms with van der Waals surface area (Å²) in [5, 5.41) is 56.8. The molecule has 22 rings (SSSR count). The predicted molar refractivity (Wildman–Crippen MR) is 549 cm³/mol. The molecule has 16 aromatic rings. The lowest BCUT2D eigenvalue weighted by Crippen LogP contribution is -2.60. The first-order valence-corrected chi connectivity index (χ1v) is 47.2. The van der Waals surface area contributed by atoms with Crippen LogP contribution >= 0.6 is 0 Å². The molecule has 0 atom stereocenters. The van der Waals surface area contributed by atoms with Crippen LogP contribution in [0.1, 0.15) is 58.0 Å². The van der Waals surface area contributed by atoms with Crippen LogP contribution in [-0.2, 0) is 43.4 Å². The van der Waals surface area contributed by atoms with Crippen molar-refractivity contribution in [1.29, 1.82) is 5.26 Å². The van der Waals surface area contributed by atoms with Gasteiger partial charge in [0.15, 0.2) is 5.69 Å². The van der Waals surface area contributed by atoms with Crippen LogP contribution in [0.25, 0.3) is 131 Å². The van der Waals surface area contributed by atoms with Crippen molar-refractivity contribution in [3.05, 3.63) is 294 Å². The van der Waals surface area contributed by atoms with E-state index in [1.807, 2.05) is 188 Å². The summed E-state index contributed by atoms with van der Waals surface area (Å²) in [5.74, 6) is 4.10. The second-order valence-electron chi connectivity index (χ2n) is 38.0. The maximum atomic E-state index is 13.9. The second kappa shape index (κ2) is 39.3. The lowest BCUT2D eigenvalue weighted by atomic mass is 9.94. The number of amides is 5. The number of phenols is 2. The minimum absolute atomic E-state index is 0.00934. The molecule has 6 saturated heterocycles. The first-order valence-electron chi connectivity index (χ1n) is 47.2. The van der Waals surface area contributed by atoms with Crippen LogP contribution in [0.4, 0.5) is 5.82 Å². The fourth-order valence-electron chi connectivity index (χ4n) is 19.8. The number of nitrogens with zero attached hydrogens (tertiary/aromatic N) is 19. The maximum Gasteiger partial charge on any atom is 0.261 e. The van der Waals surface area contributed by atoms with Gasteiger partial charge in [-0.1, -0.05) is 111 Å². The molecule has 6 fully saturated rings. The van der Waals surface area contributed by atoms with Crippen molar-refractivity contribution in [3.63, 3.8) is 0 Å². The number of rotatable bonds is 22.